The Morgan fingerprint density at radius 3 is 1.03 bits per heavy atom. The van der Waals surface area contributed by atoms with Crippen molar-refractivity contribution in [2.45, 2.75) is 366 Å². The number of likely N-dealkylation sites (N-methyl/N-ethyl adjacent to an activating group) is 1. The third kappa shape index (κ3) is 64.1. The van der Waals surface area contributed by atoms with Crippen molar-refractivity contribution < 1.29 is 32.9 Å². The second-order valence-electron chi connectivity index (χ2n) is 25.2. The van der Waals surface area contributed by atoms with Crippen LogP contribution in [-0.4, -0.2) is 68.5 Å². The molecule has 0 aliphatic rings. The number of nitrogens with one attached hydrogen (secondary N) is 1. The molecule has 0 aliphatic heterocycles. The number of hydrogen-bond donors (Lipinski definition) is 2. The number of aliphatic hydroxyl groups excluding tert-OH is 1. The van der Waals surface area contributed by atoms with E-state index in [0.29, 0.717) is 17.4 Å². The van der Waals surface area contributed by atoms with Crippen LogP contribution in [0, 0.1) is 0 Å². The van der Waals surface area contributed by atoms with Crippen molar-refractivity contribution in [1.29, 1.82) is 0 Å². The number of unbranched alkanes of at least 4 members (excludes halogenated alkanes) is 48. The van der Waals surface area contributed by atoms with Gasteiger partial charge < -0.3 is 28.8 Å². The van der Waals surface area contributed by atoms with E-state index in [4.69, 9.17) is 9.05 Å². The first-order valence-electron chi connectivity index (χ1n) is 34.9. The Morgan fingerprint density at radius 2 is 0.709 bits per heavy atom. The second kappa shape index (κ2) is 61.3. The second-order valence-corrected chi connectivity index (χ2v) is 26.6. The first-order chi connectivity index (χ1) is 38.5. The van der Waals surface area contributed by atoms with E-state index in [1.54, 1.807) is 6.08 Å². The van der Waals surface area contributed by atoms with Gasteiger partial charge in [0.05, 0.1) is 39.9 Å². The average Bonchev–Trinajstić information content (AvgIpc) is 3.42. The standard InChI is InChI=1S/C70H137N2O6P/c1-6-8-10-12-14-16-18-20-22-24-26-28-30-31-32-33-34-35-36-37-38-39-40-41-42-44-46-48-50-52-54-56-58-60-62-64-70(74)71-68(67-78-79(75,76)77-66-65-72(3,4)5)69(73)63-61-59-57-55-53-51-49-47-45-43-29-27-25-23-21-19-17-15-13-11-9-7-2/h24,26,53,55,61,63,68-69,73H,6-23,25,27-52,54,56-60,62,64-67H2,1-5H3,(H-,71,74,75,76)/b26-24-,55-53+,63-61+. The highest BCUT2D eigenvalue weighted by Gasteiger charge is 2.23. The van der Waals surface area contributed by atoms with Gasteiger partial charge in [0.25, 0.3) is 7.82 Å². The molecule has 0 rings (SSSR count). The maximum absolute atomic E-state index is 13.0. The third-order valence-corrected chi connectivity index (χ3v) is 17.0. The van der Waals surface area contributed by atoms with Gasteiger partial charge in [-0.1, -0.05) is 326 Å². The molecule has 0 aliphatic carbocycles. The first-order valence-corrected chi connectivity index (χ1v) is 36.3. The Kier molecular flexibility index (Phi) is 60.3. The van der Waals surface area contributed by atoms with E-state index in [0.717, 1.165) is 38.5 Å². The zero-order valence-corrected chi connectivity index (χ0v) is 54.5. The zero-order chi connectivity index (χ0) is 57.7. The van der Waals surface area contributed by atoms with E-state index >= 15 is 0 Å². The van der Waals surface area contributed by atoms with Crippen LogP contribution in [0.5, 0.6) is 0 Å². The van der Waals surface area contributed by atoms with Gasteiger partial charge in [-0.3, -0.25) is 9.36 Å². The molecule has 0 saturated heterocycles. The summed E-state index contributed by atoms with van der Waals surface area (Å²) in [7, 11) is 1.26. The molecule has 0 spiro atoms. The van der Waals surface area contributed by atoms with Gasteiger partial charge in [0.1, 0.15) is 13.2 Å². The molecular weight excluding hydrogens is 996 g/mol. The molecule has 1 amide bonds. The number of carbonyl (C=O) groups excluding carboxylic acids is 1. The smallest absolute Gasteiger partial charge is 0.268 e. The van der Waals surface area contributed by atoms with Gasteiger partial charge in [-0.15, -0.1) is 0 Å². The monoisotopic (exact) mass is 1130 g/mol. The highest BCUT2D eigenvalue weighted by Crippen LogP contribution is 2.38. The topological polar surface area (TPSA) is 108 Å². The molecule has 0 radical (unpaired) electrons. The Labute approximate surface area is 493 Å². The van der Waals surface area contributed by atoms with Crippen LogP contribution in [-0.2, 0) is 18.4 Å². The first kappa shape index (κ1) is 77.7. The molecule has 3 unspecified atom stereocenters. The number of allylic oxidation sites excluding steroid dienone is 5. The van der Waals surface area contributed by atoms with E-state index < -0.39 is 20.0 Å². The Hall–Kier alpha value is -1.28. The zero-order valence-electron chi connectivity index (χ0n) is 53.6. The number of hydrogen-bond acceptors (Lipinski definition) is 6. The van der Waals surface area contributed by atoms with Crippen molar-refractivity contribution in [3.63, 3.8) is 0 Å². The lowest BCUT2D eigenvalue weighted by molar-refractivity contribution is -0.870. The number of quaternary nitrogens is 1. The Bertz CT molecular complexity index is 1380. The molecular formula is C70H137N2O6P. The predicted octanol–water partition coefficient (Wildman–Crippen LogP) is 21.4. The van der Waals surface area contributed by atoms with Crippen LogP contribution in [0.15, 0.2) is 36.5 Å². The Balaban J connectivity index is 4.01. The quantitative estimate of drug-likeness (QED) is 0.0272. The molecule has 468 valence electrons. The SMILES string of the molecule is CCCCCCCCCC/C=C\CCCCCCCCCCCCCCCCCCCCCCCCCC(=O)NC(COP(=O)([O-])OCC[N+](C)(C)C)C(O)/C=C/CC/C=C/CCCCCCCCCCCCCCCCCC. The average molecular weight is 1130 g/mol. The van der Waals surface area contributed by atoms with Gasteiger partial charge in [-0.05, 0) is 57.8 Å². The molecule has 0 fully saturated rings. The minimum atomic E-state index is -4.61. The van der Waals surface area contributed by atoms with Crippen LogP contribution in [0.2, 0.25) is 0 Å². The van der Waals surface area contributed by atoms with Crippen LogP contribution in [0.3, 0.4) is 0 Å². The van der Waals surface area contributed by atoms with Crippen molar-refractivity contribution in [3.05, 3.63) is 36.5 Å². The van der Waals surface area contributed by atoms with Crippen molar-refractivity contribution in [1.82, 2.24) is 5.32 Å². The minimum absolute atomic E-state index is 0.00431. The molecule has 0 bridgehead atoms. The number of aliphatic hydroxyl groups is 1. The predicted molar refractivity (Wildman–Crippen MR) is 344 cm³/mol. The van der Waals surface area contributed by atoms with E-state index in [2.05, 4.69) is 43.5 Å². The maximum Gasteiger partial charge on any atom is 0.268 e. The fourth-order valence-corrected chi connectivity index (χ4v) is 11.4. The minimum Gasteiger partial charge on any atom is -0.756 e. The van der Waals surface area contributed by atoms with Gasteiger partial charge in [0.15, 0.2) is 0 Å². The fourth-order valence-electron chi connectivity index (χ4n) is 10.6. The van der Waals surface area contributed by atoms with Crippen LogP contribution in [0.4, 0.5) is 0 Å². The number of amides is 1. The van der Waals surface area contributed by atoms with E-state index in [-0.39, 0.29) is 19.1 Å². The van der Waals surface area contributed by atoms with Crippen molar-refractivity contribution in [2.24, 2.45) is 0 Å². The lowest BCUT2D eigenvalue weighted by atomic mass is 10.0. The summed E-state index contributed by atoms with van der Waals surface area (Å²) in [5, 5.41) is 13.9. The largest absolute Gasteiger partial charge is 0.756 e. The summed E-state index contributed by atoms with van der Waals surface area (Å²) in [6, 6.07) is -0.903. The van der Waals surface area contributed by atoms with E-state index in [1.807, 2.05) is 27.2 Å². The summed E-state index contributed by atoms with van der Waals surface area (Å²) in [6.45, 7) is 4.68. The fraction of sp³-hybridized carbons (Fsp3) is 0.900. The molecule has 0 heterocycles. The maximum atomic E-state index is 13.0. The number of carbonyl (C=O) groups is 1. The van der Waals surface area contributed by atoms with E-state index in [9.17, 15) is 19.4 Å². The van der Waals surface area contributed by atoms with Crippen molar-refractivity contribution in [2.75, 3.05) is 40.9 Å². The normalized spacial score (nSPS) is 13.9. The highest BCUT2D eigenvalue weighted by molar-refractivity contribution is 7.45. The number of phosphoric ester groups is 1. The van der Waals surface area contributed by atoms with Crippen molar-refractivity contribution in [3.8, 4) is 0 Å². The molecule has 8 nitrogen and oxygen atoms in total. The lowest BCUT2D eigenvalue weighted by Crippen LogP contribution is -2.45. The lowest BCUT2D eigenvalue weighted by Gasteiger charge is -2.29. The van der Waals surface area contributed by atoms with E-state index in [1.165, 1.54) is 295 Å². The molecule has 2 N–H and O–H groups in total. The molecule has 0 aromatic rings. The molecule has 3 atom stereocenters. The summed E-state index contributed by atoms with van der Waals surface area (Å²) >= 11 is 0. The summed E-state index contributed by atoms with van der Waals surface area (Å²) in [5.74, 6) is -0.200. The molecule has 0 saturated carbocycles. The van der Waals surface area contributed by atoms with Crippen molar-refractivity contribution >= 4 is 13.7 Å². The van der Waals surface area contributed by atoms with Gasteiger partial charge in [0, 0.05) is 6.42 Å². The summed E-state index contributed by atoms with van der Waals surface area (Å²) in [6.07, 6.45) is 81.4. The van der Waals surface area contributed by atoms with Crippen LogP contribution < -0.4 is 10.2 Å². The van der Waals surface area contributed by atoms with Gasteiger partial charge >= 0.3 is 0 Å². The van der Waals surface area contributed by atoms with Gasteiger partial charge in [-0.2, -0.15) is 0 Å². The highest BCUT2D eigenvalue weighted by atomic mass is 31.2. The van der Waals surface area contributed by atoms with Gasteiger partial charge in [0.2, 0.25) is 5.91 Å². The van der Waals surface area contributed by atoms with Crippen LogP contribution >= 0.6 is 7.82 Å². The summed E-state index contributed by atoms with van der Waals surface area (Å²) in [4.78, 5) is 25.6. The molecule has 0 aromatic carbocycles. The van der Waals surface area contributed by atoms with Gasteiger partial charge in [-0.25, -0.2) is 0 Å². The molecule has 9 heteroatoms. The number of phosphoric acid groups is 1. The molecule has 79 heavy (non-hydrogen) atoms. The third-order valence-electron chi connectivity index (χ3n) is 16.1. The summed E-state index contributed by atoms with van der Waals surface area (Å²) in [5.41, 5.74) is 0. The van der Waals surface area contributed by atoms with Crippen LogP contribution in [0.25, 0.3) is 0 Å². The number of rotatable bonds is 65. The summed E-state index contributed by atoms with van der Waals surface area (Å²) < 4.78 is 23.4. The molecule has 0 aromatic heterocycles. The van der Waals surface area contributed by atoms with Crippen LogP contribution in [0.1, 0.15) is 354 Å². The Morgan fingerprint density at radius 1 is 0.430 bits per heavy atom. The number of nitrogens with zero attached hydrogens (tertiary/aromatic N) is 1.